The van der Waals surface area contributed by atoms with Crippen LogP contribution >= 0.6 is 0 Å². The molecule has 0 spiro atoms. The summed E-state index contributed by atoms with van der Waals surface area (Å²) in [6.07, 6.45) is 0.493. The molecular formula is C16H23N3O4. The van der Waals surface area contributed by atoms with Gasteiger partial charge in [-0.2, -0.15) is 0 Å². The number of carbonyl (C=O) groups excluding carboxylic acids is 1. The second-order valence-electron chi connectivity index (χ2n) is 6.68. The lowest BCUT2D eigenvalue weighted by molar-refractivity contribution is -0.385. The van der Waals surface area contributed by atoms with Gasteiger partial charge in [-0.05, 0) is 27.2 Å². The number of para-hydroxylation sites is 1. The number of carbonyl (C=O) groups is 1. The minimum atomic E-state index is -0.507. The normalized spacial score (nSPS) is 18.0. The van der Waals surface area contributed by atoms with Crippen molar-refractivity contribution >= 4 is 11.8 Å². The molecule has 1 fully saturated rings. The van der Waals surface area contributed by atoms with E-state index in [9.17, 15) is 14.9 Å². The number of hydrogen-bond acceptors (Lipinski definition) is 5. The monoisotopic (exact) mass is 321 g/mol. The van der Waals surface area contributed by atoms with E-state index in [0.29, 0.717) is 25.2 Å². The summed E-state index contributed by atoms with van der Waals surface area (Å²) < 4.78 is 5.35. The third-order valence-corrected chi connectivity index (χ3v) is 3.61. The van der Waals surface area contributed by atoms with Crippen LogP contribution in [0.25, 0.3) is 0 Å². The van der Waals surface area contributed by atoms with Crippen molar-refractivity contribution in [2.45, 2.75) is 45.4 Å². The molecule has 0 bridgehead atoms. The molecule has 126 valence electrons. The van der Waals surface area contributed by atoms with Crippen LogP contribution in [0.4, 0.5) is 10.5 Å². The lowest BCUT2D eigenvalue weighted by atomic mass is 10.1. The van der Waals surface area contributed by atoms with E-state index in [-0.39, 0.29) is 22.7 Å². The van der Waals surface area contributed by atoms with Crippen LogP contribution in [0.3, 0.4) is 0 Å². The molecule has 0 saturated carbocycles. The van der Waals surface area contributed by atoms with Crippen LogP contribution in [0.2, 0.25) is 0 Å². The van der Waals surface area contributed by atoms with Gasteiger partial charge in [0.25, 0.3) is 5.69 Å². The third-order valence-electron chi connectivity index (χ3n) is 3.61. The number of amides is 1. The van der Waals surface area contributed by atoms with Crippen molar-refractivity contribution in [1.82, 2.24) is 10.2 Å². The van der Waals surface area contributed by atoms with Crippen molar-refractivity contribution in [2.24, 2.45) is 0 Å². The van der Waals surface area contributed by atoms with Crippen LogP contribution < -0.4 is 5.32 Å². The number of nitro groups is 1. The lowest BCUT2D eigenvalue weighted by Gasteiger charge is -2.24. The molecule has 7 nitrogen and oxygen atoms in total. The first kappa shape index (κ1) is 17.2. The molecule has 1 aliphatic heterocycles. The van der Waals surface area contributed by atoms with Gasteiger partial charge in [0.05, 0.1) is 4.92 Å². The van der Waals surface area contributed by atoms with E-state index in [0.717, 1.165) is 6.42 Å². The fourth-order valence-corrected chi connectivity index (χ4v) is 2.51. The molecular weight excluding hydrogens is 298 g/mol. The highest BCUT2D eigenvalue weighted by Gasteiger charge is 2.29. The predicted octanol–water partition coefficient (Wildman–Crippen LogP) is 2.69. The molecule has 2 rings (SSSR count). The summed E-state index contributed by atoms with van der Waals surface area (Å²) >= 11 is 0. The first-order valence-electron chi connectivity index (χ1n) is 7.70. The number of hydrogen-bond donors (Lipinski definition) is 1. The second kappa shape index (κ2) is 6.95. The Hall–Kier alpha value is -2.15. The fourth-order valence-electron chi connectivity index (χ4n) is 2.51. The van der Waals surface area contributed by atoms with E-state index < -0.39 is 5.60 Å². The predicted molar refractivity (Wildman–Crippen MR) is 86.1 cm³/mol. The van der Waals surface area contributed by atoms with Crippen LogP contribution in [0.15, 0.2) is 24.3 Å². The first-order chi connectivity index (χ1) is 10.8. The topological polar surface area (TPSA) is 84.7 Å². The molecule has 1 atom stereocenters. The van der Waals surface area contributed by atoms with E-state index in [4.69, 9.17) is 4.74 Å². The summed E-state index contributed by atoms with van der Waals surface area (Å²) in [5.41, 5.74) is 0.253. The molecule has 7 heteroatoms. The Morgan fingerprint density at radius 3 is 2.78 bits per heavy atom. The minimum absolute atomic E-state index is 0.113. The van der Waals surface area contributed by atoms with Crippen molar-refractivity contribution < 1.29 is 14.5 Å². The standard InChI is InChI=1S/C16H23N3O4/c1-16(2,3)23-15(20)18-9-8-13(11-18)17-10-12-6-4-5-7-14(12)19(21)22/h4-7,13,17H,8-11H2,1-3H3. The van der Waals surface area contributed by atoms with Crippen LogP contribution in [0, 0.1) is 10.1 Å². The molecule has 1 heterocycles. The van der Waals surface area contributed by atoms with Crippen molar-refractivity contribution in [1.29, 1.82) is 0 Å². The maximum absolute atomic E-state index is 12.0. The van der Waals surface area contributed by atoms with Crippen molar-refractivity contribution in [3.63, 3.8) is 0 Å². The van der Waals surface area contributed by atoms with Crippen molar-refractivity contribution in [2.75, 3.05) is 13.1 Å². The molecule has 0 aromatic heterocycles. The molecule has 0 radical (unpaired) electrons. The summed E-state index contributed by atoms with van der Waals surface area (Å²) in [5.74, 6) is 0. The summed E-state index contributed by atoms with van der Waals surface area (Å²) in [5, 5.41) is 14.3. The molecule has 1 amide bonds. The first-order valence-corrected chi connectivity index (χ1v) is 7.70. The van der Waals surface area contributed by atoms with Gasteiger partial charge in [-0.1, -0.05) is 18.2 Å². The van der Waals surface area contributed by atoms with Gasteiger partial charge >= 0.3 is 6.09 Å². The second-order valence-corrected chi connectivity index (χ2v) is 6.68. The molecule has 23 heavy (non-hydrogen) atoms. The van der Waals surface area contributed by atoms with Gasteiger partial charge in [0.15, 0.2) is 0 Å². The highest BCUT2D eigenvalue weighted by Crippen LogP contribution is 2.19. The molecule has 1 N–H and O–H groups in total. The average Bonchev–Trinajstić information content (AvgIpc) is 2.92. The van der Waals surface area contributed by atoms with Gasteiger partial charge in [-0.3, -0.25) is 10.1 Å². The zero-order valence-electron chi connectivity index (χ0n) is 13.7. The summed E-state index contributed by atoms with van der Waals surface area (Å²) in [4.78, 5) is 24.3. The number of ether oxygens (including phenoxy) is 1. The average molecular weight is 321 g/mol. The van der Waals surface area contributed by atoms with Gasteiger partial charge in [0.1, 0.15) is 5.60 Å². The fraction of sp³-hybridized carbons (Fsp3) is 0.562. The summed E-state index contributed by atoms with van der Waals surface area (Å²) in [6.45, 7) is 7.10. The lowest BCUT2D eigenvalue weighted by Crippen LogP contribution is -2.38. The number of nitrogens with one attached hydrogen (secondary N) is 1. The Balaban J connectivity index is 1.87. The largest absolute Gasteiger partial charge is 0.444 e. The molecule has 1 unspecified atom stereocenters. The third kappa shape index (κ3) is 4.92. The van der Waals surface area contributed by atoms with Crippen LogP contribution in [0.5, 0.6) is 0 Å². The molecule has 1 aromatic rings. The van der Waals surface area contributed by atoms with E-state index in [2.05, 4.69) is 5.32 Å². The van der Waals surface area contributed by atoms with Gasteiger partial charge in [-0.15, -0.1) is 0 Å². The van der Waals surface area contributed by atoms with Crippen LogP contribution in [0.1, 0.15) is 32.8 Å². The molecule has 0 aliphatic carbocycles. The van der Waals surface area contributed by atoms with Crippen molar-refractivity contribution in [3.8, 4) is 0 Å². The molecule has 1 saturated heterocycles. The van der Waals surface area contributed by atoms with Gasteiger partial charge < -0.3 is 15.0 Å². The Bertz CT molecular complexity index is 583. The van der Waals surface area contributed by atoms with Crippen LogP contribution in [-0.4, -0.2) is 40.6 Å². The Morgan fingerprint density at radius 1 is 1.43 bits per heavy atom. The Morgan fingerprint density at radius 2 is 2.13 bits per heavy atom. The van der Waals surface area contributed by atoms with E-state index in [1.165, 1.54) is 6.07 Å². The van der Waals surface area contributed by atoms with E-state index in [1.807, 2.05) is 20.8 Å². The van der Waals surface area contributed by atoms with Gasteiger partial charge in [0.2, 0.25) is 0 Å². The van der Waals surface area contributed by atoms with Gasteiger partial charge in [-0.25, -0.2) is 4.79 Å². The maximum atomic E-state index is 12.0. The number of likely N-dealkylation sites (tertiary alicyclic amines) is 1. The highest BCUT2D eigenvalue weighted by molar-refractivity contribution is 5.68. The Labute approximate surface area is 135 Å². The quantitative estimate of drug-likeness (QED) is 0.681. The van der Waals surface area contributed by atoms with E-state index in [1.54, 1.807) is 23.1 Å². The molecule has 1 aromatic carbocycles. The van der Waals surface area contributed by atoms with Gasteiger partial charge in [0, 0.05) is 37.3 Å². The summed E-state index contributed by atoms with van der Waals surface area (Å²) in [6, 6.07) is 6.79. The number of nitrogens with zero attached hydrogens (tertiary/aromatic N) is 2. The molecule has 1 aliphatic rings. The number of benzene rings is 1. The van der Waals surface area contributed by atoms with Crippen molar-refractivity contribution in [3.05, 3.63) is 39.9 Å². The van der Waals surface area contributed by atoms with Crippen LogP contribution in [-0.2, 0) is 11.3 Å². The summed E-state index contributed by atoms with van der Waals surface area (Å²) in [7, 11) is 0. The number of rotatable bonds is 4. The zero-order chi connectivity index (χ0) is 17.0. The van der Waals surface area contributed by atoms with E-state index >= 15 is 0 Å². The SMILES string of the molecule is CC(C)(C)OC(=O)N1CCC(NCc2ccccc2[N+](=O)[O-])C1. The minimum Gasteiger partial charge on any atom is -0.444 e. The zero-order valence-corrected chi connectivity index (χ0v) is 13.7. The smallest absolute Gasteiger partial charge is 0.410 e. The highest BCUT2D eigenvalue weighted by atomic mass is 16.6. The maximum Gasteiger partial charge on any atom is 0.410 e. The number of nitro benzene ring substituents is 1. The Kier molecular flexibility index (Phi) is 5.20.